The van der Waals surface area contributed by atoms with E-state index in [1.54, 1.807) is 0 Å². The Kier molecular flexibility index (Phi) is 52.9. The van der Waals surface area contributed by atoms with Crippen molar-refractivity contribution in [3.63, 3.8) is 0 Å². The topological polar surface area (TPSA) is 0 Å². The third-order valence-electron chi connectivity index (χ3n) is 12.3. The summed E-state index contributed by atoms with van der Waals surface area (Å²) < 4.78 is 0. The number of unbranched alkanes of at least 4 members (excludes halogenated alkanes) is 5. The maximum atomic E-state index is 2.43. The Bertz CT molecular complexity index is 1050. The molecule has 0 fully saturated rings. The van der Waals surface area contributed by atoms with Gasteiger partial charge < -0.3 is 0 Å². The fraction of sp³-hybridized carbons (Fsp3) is 0.881. The van der Waals surface area contributed by atoms with Gasteiger partial charge >= 0.3 is 0 Å². The van der Waals surface area contributed by atoms with Crippen molar-refractivity contribution in [2.75, 3.05) is 0 Å². The van der Waals surface area contributed by atoms with E-state index in [-0.39, 0.29) is 0 Å². The molecular formula is C67H136. The molecular weight excluding hydrogens is 805 g/mol. The van der Waals surface area contributed by atoms with E-state index in [1.165, 1.54) is 128 Å². The highest BCUT2D eigenvalue weighted by atomic mass is 14.2. The van der Waals surface area contributed by atoms with Gasteiger partial charge in [-0.15, -0.1) is 0 Å². The van der Waals surface area contributed by atoms with Crippen LogP contribution in [0.25, 0.3) is 0 Å². The normalized spacial score (nSPS) is 12.8. The quantitative estimate of drug-likeness (QED) is 0.0466. The predicted octanol–water partition coefficient (Wildman–Crippen LogP) is 24.6. The Hall–Kier alpha value is -1.04. The molecule has 0 aliphatic heterocycles. The van der Waals surface area contributed by atoms with E-state index < -0.39 is 0 Å². The molecule has 0 aromatic heterocycles. The van der Waals surface area contributed by atoms with Crippen molar-refractivity contribution in [1.29, 1.82) is 0 Å². The van der Waals surface area contributed by atoms with Crippen molar-refractivity contribution in [2.45, 2.75) is 308 Å². The number of hydrogen-bond acceptors (Lipinski definition) is 0. The first-order chi connectivity index (χ1) is 30.8. The van der Waals surface area contributed by atoms with Crippen LogP contribution in [-0.4, -0.2) is 0 Å². The minimum atomic E-state index is 0.482. The monoisotopic (exact) mass is 941 g/mol. The van der Waals surface area contributed by atoms with Crippen molar-refractivity contribution in [2.24, 2.45) is 75.4 Å². The van der Waals surface area contributed by atoms with Gasteiger partial charge in [-0.25, -0.2) is 0 Å². The summed E-state index contributed by atoms with van der Waals surface area (Å²) in [5.74, 6) is 7.98. The molecule has 0 heterocycles. The van der Waals surface area contributed by atoms with Crippen LogP contribution in [0.5, 0.6) is 0 Å². The summed E-state index contributed by atoms with van der Waals surface area (Å²) in [6.45, 7) is 59.9. The van der Waals surface area contributed by atoms with Crippen LogP contribution in [0.2, 0.25) is 0 Å². The van der Waals surface area contributed by atoms with Crippen molar-refractivity contribution in [1.82, 2.24) is 0 Å². The Morgan fingerprint density at radius 1 is 0.254 bits per heavy atom. The standard InChI is InChI=1S/C14H30.2C14H28.C13H26.C12H24/c3*1-12(2)8-7-10-14(5,6)11-9-13(3)4;1-12(2)10-8-6-5-7-9-11-13(3)4;1-11(2)9-7-5-6-8-10-12(3)4/h12-13H,7-11H2,1-6H3;2*7-8,12-13H,9-11H2,1-6H3;8,10,12-13H,5-7,9,11H2,1-4H3;7,9,11-12H,5-6,8,10H2,1-4H3/b;8-7+;8-7-;10-8+;9-7+. The Labute approximate surface area is 430 Å². The number of hydrogen-bond donors (Lipinski definition) is 0. The van der Waals surface area contributed by atoms with Gasteiger partial charge in [0.25, 0.3) is 0 Å². The molecule has 0 spiro atoms. The van der Waals surface area contributed by atoms with Crippen LogP contribution >= 0.6 is 0 Å². The summed E-state index contributed by atoms with van der Waals surface area (Å²) in [4.78, 5) is 0. The fourth-order valence-electron chi connectivity index (χ4n) is 7.22. The van der Waals surface area contributed by atoms with Crippen LogP contribution in [-0.2, 0) is 0 Å². The molecule has 0 N–H and O–H groups in total. The Morgan fingerprint density at radius 3 is 0.806 bits per heavy atom. The van der Waals surface area contributed by atoms with Gasteiger partial charge in [-0.2, -0.15) is 0 Å². The molecule has 0 rings (SSSR count). The molecule has 0 aliphatic carbocycles. The third-order valence-corrected chi connectivity index (χ3v) is 12.3. The molecule has 0 unspecified atom stereocenters. The molecule has 0 nitrogen and oxygen atoms in total. The van der Waals surface area contributed by atoms with Crippen molar-refractivity contribution in [3.05, 3.63) is 48.6 Å². The van der Waals surface area contributed by atoms with Crippen LogP contribution in [0.4, 0.5) is 0 Å². The highest BCUT2D eigenvalue weighted by Crippen LogP contribution is 2.32. The van der Waals surface area contributed by atoms with Gasteiger partial charge in [-0.3, -0.25) is 0 Å². The van der Waals surface area contributed by atoms with E-state index in [0.29, 0.717) is 28.1 Å². The maximum Gasteiger partial charge on any atom is -0.0290 e. The highest BCUT2D eigenvalue weighted by molar-refractivity contribution is 4.90. The summed E-state index contributed by atoms with van der Waals surface area (Å²) >= 11 is 0. The van der Waals surface area contributed by atoms with Crippen molar-refractivity contribution in [3.8, 4) is 0 Å². The van der Waals surface area contributed by atoms with Gasteiger partial charge in [0.15, 0.2) is 0 Å². The van der Waals surface area contributed by atoms with Crippen molar-refractivity contribution < 1.29 is 0 Å². The van der Waals surface area contributed by atoms with Crippen LogP contribution in [0.15, 0.2) is 48.6 Å². The first-order valence-electron chi connectivity index (χ1n) is 29.4. The molecule has 0 saturated heterocycles. The summed E-state index contributed by atoms with van der Waals surface area (Å²) in [6.07, 6.45) is 45.7. The van der Waals surface area contributed by atoms with E-state index in [1.807, 2.05) is 0 Å². The average Bonchev–Trinajstić information content (AvgIpc) is 3.16. The molecule has 0 saturated carbocycles. The van der Waals surface area contributed by atoms with Crippen LogP contribution in [0.1, 0.15) is 308 Å². The Morgan fingerprint density at radius 2 is 0.507 bits per heavy atom. The lowest BCUT2D eigenvalue weighted by Crippen LogP contribution is -2.12. The maximum absolute atomic E-state index is 2.43. The molecule has 0 bridgehead atoms. The van der Waals surface area contributed by atoms with Gasteiger partial charge in [0, 0.05) is 0 Å². The first kappa shape index (κ1) is 74.9. The van der Waals surface area contributed by atoms with Gasteiger partial charge in [0.2, 0.25) is 0 Å². The van der Waals surface area contributed by atoms with Gasteiger partial charge in [0.1, 0.15) is 0 Å². The van der Waals surface area contributed by atoms with Crippen LogP contribution in [0, 0.1) is 75.4 Å². The minimum Gasteiger partial charge on any atom is -0.0883 e. The first-order valence-corrected chi connectivity index (χ1v) is 29.4. The van der Waals surface area contributed by atoms with E-state index in [4.69, 9.17) is 0 Å². The summed E-state index contributed by atoms with van der Waals surface area (Å²) in [5.41, 5.74) is 1.53. The van der Waals surface area contributed by atoms with Crippen LogP contribution in [0.3, 0.4) is 0 Å². The largest absolute Gasteiger partial charge is 0.0883 e. The highest BCUT2D eigenvalue weighted by Gasteiger charge is 2.18. The second-order valence-corrected chi connectivity index (χ2v) is 27.4. The zero-order valence-corrected chi connectivity index (χ0v) is 52.0. The van der Waals surface area contributed by atoms with E-state index >= 15 is 0 Å². The molecule has 67 heavy (non-hydrogen) atoms. The van der Waals surface area contributed by atoms with Crippen molar-refractivity contribution >= 4 is 0 Å². The number of rotatable bonds is 32. The second kappa shape index (κ2) is 47.3. The molecule has 0 heteroatoms. The van der Waals surface area contributed by atoms with E-state index in [2.05, 4.69) is 229 Å². The molecule has 0 radical (unpaired) electrons. The van der Waals surface area contributed by atoms with E-state index in [9.17, 15) is 0 Å². The second-order valence-electron chi connectivity index (χ2n) is 27.4. The lowest BCUT2D eigenvalue weighted by Gasteiger charge is -2.25. The van der Waals surface area contributed by atoms with Gasteiger partial charge in [-0.05, 0) is 140 Å². The summed E-state index contributed by atoms with van der Waals surface area (Å²) in [6, 6.07) is 0. The lowest BCUT2D eigenvalue weighted by atomic mass is 9.80. The zero-order chi connectivity index (χ0) is 53.1. The van der Waals surface area contributed by atoms with E-state index in [0.717, 1.165) is 47.3 Å². The molecule has 0 amide bonds. The SMILES string of the molecule is CC(C)/C=C/CC(C)(C)CCC(C)C.CC(C)/C=C/CCCCC(C)C.CC(C)/C=C/CCCCCC(C)C.CC(C)/C=C\CC(C)(C)CCC(C)C.CC(C)CCCC(C)(C)CCC(C)C. The third kappa shape index (κ3) is 79.4. The molecule has 0 aromatic rings. The lowest BCUT2D eigenvalue weighted by molar-refractivity contribution is 0.267. The summed E-state index contributed by atoms with van der Waals surface area (Å²) in [7, 11) is 0. The fourth-order valence-corrected chi connectivity index (χ4v) is 7.22. The smallest absolute Gasteiger partial charge is 0.0290 e. The average molecular weight is 942 g/mol. The van der Waals surface area contributed by atoms with Crippen LogP contribution < -0.4 is 0 Å². The molecule has 0 atom stereocenters. The Balaban J connectivity index is -0.000000239. The molecule has 0 aliphatic rings. The molecule has 404 valence electrons. The predicted molar refractivity (Wildman–Crippen MR) is 319 cm³/mol. The molecule has 0 aromatic carbocycles. The summed E-state index contributed by atoms with van der Waals surface area (Å²) in [5, 5.41) is 0. The number of allylic oxidation sites excluding steroid dienone is 8. The minimum absolute atomic E-state index is 0.482. The zero-order valence-electron chi connectivity index (χ0n) is 52.0. The van der Waals surface area contributed by atoms with Gasteiger partial charge in [-0.1, -0.05) is 293 Å². The van der Waals surface area contributed by atoms with Gasteiger partial charge in [0.05, 0.1) is 0 Å².